The number of rotatable bonds is 3. The van der Waals surface area contributed by atoms with Gasteiger partial charge in [0.2, 0.25) is 0 Å². The van der Waals surface area contributed by atoms with Gasteiger partial charge in [0.25, 0.3) is 5.91 Å². The average Bonchev–Trinajstić information content (AvgIpc) is 3.11. The van der Waals surface area contributed by atoms with Gasteiger partial charge in [0.15, 0.2) is 15.0 Å². The van der Waals surface area contributed by atoms with Crippen molar-refractivity contribution in [2.75, 3.05) is 16.8 Å². The minimum absolute atomic E-state index is 0.00739. The Hall–Kier alpha value is -1.54. The first-order valence-corrected chi connectivity index (χ1v) is 12.6. The van der Waals surface area contributed by atoms with Crippen LogP contribution in [0.5, 0.6) is 0 Å². The van der Waals surface area contributed by atoms with E-state index in [9.17, 15) is 13.2 Å². The molecule has 152 valence electrons. The zero-order valence-electron chi connectivity index (χ0n) is 16.3. The van der Waals surface area contributed by atoms with Crippen LogP contribution in [0.4, 0.5) is 5.69 Å². The third-order valence-electron chi connectivity index (χ3n) is 5.91. The fraction of sp³-hybridized carbons (Fsp3) is 0.600. The molecule has 1 saturated heterocycles. The lowest BCUT2D eigenvalue weighted by Crippen LogP contribution is -2.37. The molecule has 1 aliphatic carbocycles. The van der Waals surface area contributed by atoms with Crippen LogP contribution in [0.2, 0.25) is 0 Å². The number of aryl methyl sites for hydroxylation is 1. The van der Waals surface area contributed by atoms with Gasteiger partial charge in [-0.1, -0.05) is 24.8 Å². The summed E-state index contributed by atoms with van der Waals surface area (Å²) in [7, 11) is -2.95. The van der Waals surface area contributed by atoms with Crippen LogP contribution in [0.25, 0.3) is 0 Å². The summed E-state index contributed by atoms with van der Waals surface area (Å²) < 4.78 is 23.4. The van der Waals surface area contributed by atoms with E-state index >= 15 is 0 Å². The van der Waals surface area contributed by atoms with E-state index in [2.05, 4.69) is 22.5 Å². The first-order valence-electron chi connectivity index (χ1n) is 9.92. The van der Waals surface area contributed by atoms with E-state index in [-0.39, 0.29) is 34.7 Å². The third-order valence-corrected chi connectivity index (χ3v) is 9.05. The van der Waals surface area contributed by atoms with Gasteiger partial charge in [-0.25, -0.2) is 8.42 Å². The molecule has 28 heavy (non-hydrogen) atoms. The number of thioether (sulfide) groups is 1. The van der Waals surface area contributed by atoms with Gasteiger partial charge in [-0.05, 0) is 56.2 Å². The highest BCUT2D eigenvalue weighted by atomic mass is 32.2. The van der Waals surface area contributed by atoms with Gasteiger partial charge in [0.1, 0.15) is 0 Å². The van der Waals surface area contributed by atoms with Crippen LogP contribution in [-0.2, 0) is 9.84 Å². The predicted octanol–water partition coefficient (Wildman–Crippen LogP) is 2.98. The van der Waals surface area contributed by atoms with E-state index in [1.165, 1.54) is 24.6 Å². The number of benzene rings is 1. The number of amidine groups is 1. The van der Waals surface area contributed by atoms with E-state index in [0.717, 1.165) is 35.2 Å². The number of carbonyl (C=O) groups is 1. The molecule has 1 saturated carbocycles. The molecule has 2 unspecified atom stereocenters. The average molecular weight is 422 g/mol. The van der Waals surface area contributed by atoms with Crippen LogP contribution in [0.3, 0.4) is 0 Å². The van der Waals surface area contributed by atoms with Gasteiger partial charge in [0.05, 0.1) is 17.5 Å². The molecule has 1 amide bonds. The van der Waals surface area contributed by atoms with Gasteiger partial charge in [-0.2, -0.15) is 0 Å². The highest BCUT2D eigenvalue weighted by Gasteiger charge is 2.42. The highest BCUT2D eigenvalue weighted by Crippen LogP contribution is 2.35. The molecule has 2 heterocycles. The number of amides is 1. The largest absolute Gasteiger partial charge is 0.349 e. The summed E-state index contributed by atoms with van der Waals surface area (Å²) in [5.41, 5.74) is 2.51. The van der Waals surface area contributed by atoms with Gasteiger partial charge >= 0.3 is 0 Å². The van der Waals surface area contributed by atoms with Crippen LogP contribution < -0.4 is 10.6 Å². The maximum Gasteiger partial charge on any atom is 0.251 e. The van der Waals surface area contributed by atoms with Crippen molar-refractivity contribution in [2.24, 2.45) is 10.9 Å². The molecule has 2 N–H and O–H groups in total. The molecule has 1 aromatic carbocycles. The Balaban J connectivity index is 1.42. The SMILES string of the molecule is Cc1ccc(C(=O)NC2CCC(C)CC2)cc1NC1=NC2CS(=O)(=O)CC2S1. The summed E-state index contributed by atoms with van der Waals surface area (Å²) in [5.74, 6) is 1.05. The Morgan fingerprint density at radius 2 is 1.93 bits per heavy atom. The lowest BCUT2D eigenvalue weighted by molar-refractivity contribution is 0.0923. The van der Waals surface area contributed by atoms with Crippen LogP contribution in [0.15, 0.2) is 23.2 Å². The Morgan fingerprint density at radius 1 is 1.18 bits per heavy atom. The summed E-state index contributed by atoms with van der Waals surface area (Å²) in [6, 6.07) is 5.76. The summed E-state index contributed by atoms with van der Waals surface area (Å²) in [5, 5.41) is 7.23. The number of nitrogens with zero attached hydrogens (tertiary/aromatic N) is 1. The number of fused-ring (bicyclic) bond motifs is 1. The molecule has 0 radical (unpaired) electrons. The Bertz CT molecular complexity index is 905. The molecule has 2 atom stereocenters. The molecule has 8 heteroatoms. The second-order valence-electron chi connectivity index (χ2n) is 8.32. The molecule has 2 fully saturated rings. The van der Waals surface area contributed by atoms with Gasteiger partial charge in [-0.15, -0.1) is 0 Å². The first kappa shape index (κ1) is 19.8. The summed E-state index contributed by atoms with van der Waals surface area (Å²) in [4.78, 5) is 17.2. The molecule has 0 aromatic heterocycles. The Labute approximate surface area is 170 Å². The van der Waals surface area contributed by atoms with Crippen LogP contribution in [-0.4, -0.2) is 48.3 Å². The van der Waals surface area contributed by atoms with Crippen molar-refractivity contribution < 1.29 is 13.2 Å². The molecule has 0 spiro atoms. The van der Waals surface area contributed by atoms with Crippen molar-refractivity contribution in [2.45, 2.75) is 56.9 Å². The normalized spacial score (nSPS) is 31.1. The first-order chi connectivity index (χ1) is 13.3. The maximum absolute atomic E-state index is 12.7. The van der Waals surface area contributed by atoms with Gasteiger partial charge < -0.3 is 10.6 Å². The lowest BCUT2D eigenvalue weighted by Gasteiger charge is -2.27. The molecule has 1 aromatic rings. The zero-order valence-corrected chi connectivity index (χ0v) is 17.9. The van der Waals surface area contributed by atoms with E-state index in [1.807, 2.05) is 25.1 Å². The van der Waals surface area contributed by atoms with Crippen molar-refractivity contribution >= 4 is 38.4 Å². The van der Waals surface area contributed by atoms with E-state index < -0.39 is 9.84 Å². The van der Waals surface area contributed by atoms with Crippen molar-refractivity contribution in [3.8, 4) is 0 Å². The molecule has 6 nitrogen and oxygen atoms in total. The summed E-state index contributed by atoms with van der Waals surface area (Å²) in [6.07, 6.45) is 4.42. The minimum Gasteiger partial charge on any atom is -0.349 e. The highest BCUT2D eigenvalue weighted by molar-refractivity contribution is 8.15. The number of nitrogens with one attached hydrogen (secondary N) is 2. The molecule has 3 aliphatic rings. The number of aliphatic imine (C=N–C) groups is 1. The van der Waals surface area contributed by atoms with Crippen molar-refractivity contribution in [1.82, 2.24) is 5.32 Å². The zero-order chi connectivity index (χ0) is 19.9. The maximum atomic E-state index is 12.7. The van der Waals surface area contributed by atoms with Crippen molar-refractivity contribution in [1.29, 1.82) is 0 Å². The smallest absolute Gasteiger partial charge is 0.251 e. The summed E-state index contributed by atoms with van der Waals surface area (Å²) >= 11 is 1.49. The standard InChI is InChI=1S/C20H27N3O3S2/c1-12-3-7-15(8-4-12)21-19(24)14-6-5-13(2)16(9-14)22-20-23-17-10-28(25,26)11-18(17)27-20/h5-6,9,12,15,17-18H,3-4,7-8,10-11H2,1-2H3,(H,21,24)(H,22,23). The van der Waals surface area contributed by atoms with E-state index in [1.54, 1.807) is 0 Å². The minimum atomic E-state index is -2.95. The number of hydrogen-bond donors (Lipinski definition) is 2. The molecule has 0 bridgehead atoms. The third kappa shape index (κ3) is 4.38. The molecular weight excluding hydrogens is 394 g/mol. The van der Waals surface area contributed by atoms with E-state index in [4.69, 9.17) is 0 Å². The number of carbonyl (C=O) groups excluding carboxylic acids is 1. The van der Waals surface area contributed by atoms with Crippen molar-refractivity contribution in [3.63, 3.8) is 0 Å². The number of hydrogen-bond acceptors (Lipinski definition) is 6. The molecule has 4 rings (SSSR count). The Morgan fingerprint density at radius 3 is 2.64 bits per heavy atom. The molecular formula is C20H27N3O3S2. The van der Waals surface area contributed by atoms with Crippen molar-refractivity contribution in [3.05, 3.63) is 29.3 Å². The predicted molar refractivity (Wildman–Crippen MR) is 115 cm³/mol. The summed E-state index contributed by atoms with van der Waals surface area (Å²) in [6.45, 7) is 4.25. The topological polar surface area (TPSA) is 87.6 Å². The van der Waals surface area contributed by atoms with Gasteiger partial charge in [-0.3, -0.25) is 9.79 Å². The van der Waals surface area contributed by atoms with Crippen LogP contribution in [0.1, 0.15) is 48.5 Å². The Kier molecular flexibility index (Phi) is 5.44. The van der Waals surface area contributed by atoms with Crippen LogP contribution >= 0.6 is 11.8 Å². The number of anilines is 1. The number of sulfone groups is 1. The van der Waals surface area contributed by atoms with E-state index in [0.29, 0.717) is 5.56 Å². The quantitative estimate of drug-likeness (QED) is 0.783. The monoisotopic (exact) mass is 421 g/mol. The fourth-order valence-corrected chi connectivity index (χ4v) is 7.77. The second kappa shape index (κ2) is 7.71. The molecule has 2 aliphatic heterocycles. The fourth-order valence-electron chi connectivity index (χ4n) is 4.10. The lowest BCUT2D eigenvalue weighted by atomic mass is 9.87. The van der Waals surface area contributed by atoms with Gasteiger partial charge in [0, 0.05) is 22.5 Å². The van der Waals surface area contributed by atoms with Crippen LogP contribution in [0, 0.1) is 12.8 Å². The second-order valence-corrected chi connectivity index (χ2v) is 11.7.